The minimum Gasteiger partial charge on any atom is -0.477 e. The highest BCUT2D eigenvalue weighted by Crippen LogP contribution is 2.30. The van der Waals surface area contributed by atoms with Crippen molar-refractivity contribution in [1.82, 2.24) is 25.3 Å². The van der Waals surface area contributed by atoms with Crippen LogP contribution in [0.1, 0.15) is 27.3 Å². The molecule has 9 heteroatoms. The maximum atomic E-state index is 13.6. The highest BCUT2D eigenvalue weighted by atomic mass is 19.2. The van der Waals surface area contributed by atoms with E-state index in [0.29, 0.717) is 36.3 Å². The Bertz CT molecular complexity index is 981. The first-order valence-corrected chi connectivity index (χ1v) is 8.02. The normalized spacial score (nSPS) is 14.4. The molecule has 3 aromatic rings. The molecule has 0 fully saturated rings. The van der Waals surface area contributed by atoms with Crippen molar-refractivity contribution in [2.75, 3.05) is 6.54 Å². The van der Waals surface area contributed by atoms with Gasteiger partial charge < -0.3 is 5.11 Å². The number of H-pyrrole nitrogens is 2. The number of aromatic carboxylic acids is 1. The number of aromatic amines is 2. The van der Waals surface area contributed by atoms with E-state index >= 15 is 0 Å². The summed E-state index contributed by atoms with van der Waals surface area (Å²) in [6.07, 6.45) is 2.21. The maximum absolute atomic E-state index is 13.6. The molecule has 1 aromatic carbocycles. The molecule has 0 amide bonds. The molecule has 0 spiro atoms. The number of nitrogens with zero attached hydrogens (tertiary/aromatic N) is 3. The van der Waals surface area contributed by atoms with Crippen LogP contribution in [0.25, 0.3) is 11.3 Å². The number of carboxylic acid groups (broad SMARTS) is 1. The second kappa shape index (κ2) is 6.34. The van der Waals surface area contributed by atoms with E-state index in [9.17, 15) is 18.7 Å². The first kappa shape index (κ1) is 16.4. The summed E-state index contributed by atoms with van der Waals surface area (Å²) >= 11 is 0. The second-order valence-corrected chi connectivity index (χ2v) is 6.19. The fraction of sp³-hybridized carbons (Fsp3) is 0.235. The zero-order valence-electron chi connectivity index (χ0n) is 13.6. The van der Waals surface area contributed by atoms with E-state index in [1.165, 1.54) is 12.3 Å². The Kier molecular flexibility index (Phi) is 4.00. The molecule has 0 atom stereocenters. The SMILES string of the molecule is O=C(O)c1[nH]ncc1CN1CCc2[nH]nc(-c3ccc(F)c(F)c3)c2C1. The van der Waals surface area contributed by atoms with E-state index in [-0.39, 0.29) is 5.69 Å². The molecule has 7 nitrogen and oxygen atoms in total. The predicted molar refractivity (Wildman–Crippen MR) is 87.3 cm³/mol. The van der Waals surface area contributed by atoms with Crippen molar-refractivity contribution in [1.29, 1.82) is 0 Å². The maximum Gasteiger partial charge on any atom is 0.354 e. The average molecular weight is 359 g/mol. The molecule has 0 saturated heterocycles. The molecule has 0 saturated carbocycles. The zero-order valence-corrected chi connectivity index (χ0v) is 13.6. The number of nitrogens with one attached hydrogen (secondary N) is 2. The first-order chi connectivity index (χ1) is 12.5. The monoisotopic (exact) mass is 359 g/mol. The van der Waals surface area contributed by atoms with Crippen LogP contribution in [-0.2, 0) is 19.5 Å². The van der Waals surface area contributed by atoms with Crippen LogP contribution in [0.4, 0.5) is 8.78 Å². The summed E-state index contributed by atoms with van der Waals surface area (Å²) in [4.78, 5) is 13.3. The summed E-state index contributed by atoms with van der Waals surface area (Å²) in [7, 11) is 0. The van der Waals surface area contributed by atoms with Gasteiger partial charge in [-0.25, -0.2) is 13.6 Å². The Morgan fingerprint density at radius 3 is 2.88 bits per heavy atom. The lowest BCUT2D eigenvalue weighted by atomic mass is 10.0. The van der Waals surface area contributed by atoms with Crippen LogP contribution in [0, 0.1) is 11.6 Å². The largest absolute Gasteiger partial charge is 0.477 e. The van der Waals surface area contributed by atoms with Gasteiger partial charge in [0.2, 0.25) is 0 Å². The Balaban J connectivity index is 1.60. The van der Waals surface area contributed by atoms with E-state index < -0.39 is 17.6 Å². The van der Waals surface area contributed by atoms with Gasteiger partial charge in [0.05, 0.1) is 11.9 Å². The number of rotatable bonds is 4. The molecule has 2 aromatic heterocycles. The van der Waals surface area contributed by atoms with E-state index in [1.807, 2.05) is 0 Å². The third-order valence-electron chi connectivity index (χ3n) is 4.53. The number of halogens is 2. The van der Waals surface area contributed by atoms with Gasteiger partial charge in [-0.1, -0.05) is 0 Å². The van der Waals surface area contributed by atoms with Gasteiger partial charge in [0, 0.05) is 48.4 Å². The van der Waals surface area contributed by atoms with Crippen molar-refractivity contribution in [3.05, 3.63) is 58.5 Å². The molecule has 26 heavy (non-hydrogen) atoms. The van der Waals surface area contributed by atoms with Gasteiger partial charge in [-0.2, -0.15) is 10.2 Å². The van der Waals surface area contributed by atoms with Gasteiger partial charge in [0.1, 0.15) is 5.69 Å². The average Bonchev–Trinajstić information content (AvgIpc) is 3.24. The summed E-state index contributed by atoms with van der Waals surface area (Å²) in [5.41, 5.74) is 3.60. The lowest BCUT2D eigenvalue weighted by molar-refractivity contribution is 0.0687. The number of carboxylic acids is 1. The van der Waals surface area contributed by atoms with Crippen LogP contribution in [0.5, 0.6) is 0 Å². The molecule has 3 heterocycles. The third-order valence-corrected chi connectivity index (χ3v) is 4.53. The zero-order chi connectivity index (χ0) is 18.3. The molecule has 134 valence electrons. The summed E-state index contributed by atoms with van der Waals surface area (Å²) in [6, 6.07) is 3.70. The Labute approximate surface area is 146 Å². The minimum absolute atomic E-state index is 0.0730. The van der Waals surface area contributed by atoms with Crippen LogP contribution < -0.4 is 0 Å². The molecule has 1 aliphatic heterocycles. The van der Waals surface area contributed by atoms with E-state index in [2.05, 4.69) is 25.3 Å². The molecule has 1 aliphatic rings. The van der Waals surface area contributed by atoms with Crippen LogP contribution in [0.2, 0.25) is 0 Å². The van der Waals surface area contributed by atoms with Crippen molar-refractivity contribution in [2.24, 2.45) is 0 Å². The van der Waals surface area contributed by atoms with Crippen molar-refractivity contribution in [2.45, 2.75) is 19.5 Å². The summed E-state index contributed by atoms with van der Waals surface area (Å²) in [6.45, 7) is 1.65. The minimum atomic E-state index is -1.05. The van der Waals surface area contributed by atoms with Crippen LogP contribution in [-0.4, -0.2) is 42.9 Å². The molecule has 3 N–H and O–H groups in total. The van der Waals surface area contributed by atoms with Gasteiger partial charge >= 0.3 is 5.97 Å². The first-order valence-electron chi connectivity index (χ1n) is 8.02. The summed E-state index contributed by atoms with van der Waals surface area (Å²) in [5.74, 6) is -2.88. The van der Waals surface area contributed by atoms with Crippen LogP contribution in [0.15, 0.2) is 24.4 Å². The number of aromatic nitrogens is 4. The topological polar surface area (TPSA) is 97.9 Å². The van der Waals surface area contributed by atoms with Crippen LogP contribution in [0.3, 0.4) is 0 Å². The lowest BCUT2D eigenvalue weighted by Gasteiger charge is -2.26. The van der Waals surface area contributed by atoms with Gasteiger partial charge in [-0.05, 0) is 18.2 Å². The smallest absolute Gasteiger partial charge is 0.354 e. The second-order valence-electron chi connectivity index (χ2n) is 6.19. The van der Waals surface area contributed by atoms with E-state index in [1.54, 1.807) is 0 Å². The molecular formula is C17H15F2N5O2. The Morgan fingerprint density at radius 2 is 2.12 bits per heavy atom. The molecular weight excluding hydrogens is 344 g/mol. The van der Waals surface area contributed by atoms with E-state index in [0.717, 1.165) is 29.9 Å². The summed E-state index contributed by atoms with van der Waals surface area (Å²) < 4.78 is 26.8. The fourth-order valence-electron chi connectivity index (χ4n) is 3.23. The quantitative estimate of drug-likeness (QED) is 0.664. The van der Waals surface area contributed by atoms with Gasteiger partial charge in [-0.3, -0.25) is 15.1 Å². The Hall–Kier alpha value is -3.07. The van der Waals surface area contributed by atoms with Gasteiger partial charge in [0.15, 0.2) is 11.6 Å². The lowest BCUT2D eigenvalue weighted by Crippen LogP contribution is -2.30. The van der Waals surface area contributed by atoms with Crippen LogP contribution >= 0.6 is 0 Å². The third kappa shape index (κ3) is 2.86. The number of hydrogen-bond donors (Lipinski definition) is 3. The molecule has 0 radical (unpaired) electrons. The highest BCUT2D eigenvalue weighted by Gasteiger charge is 2.25. The number of benzene rings is 1. The highest BCUT2D eigenvalue weighted by molar-refractivity contribution is 5.86. The summed E-state index contributed by atoms with van der Waals surface area (Å²) in [5, 5.41) is 22.7. The number of carbonyl (C=O) groups is 1. The molecule has 0 aliphatic carbocycles. The van der Waals surface area contributed by atoms with Gasteiger partial charge in [-0.15, -0.1) is 0 Å². The number of fused-ring (bicyclic) bond motifs is 1. The standard InChI is InChI=1S/C17H15F2N5O2/c18-12-2-1-9(5-13(12)19)15-11-8-24(4-3-14(11)21-23-15)7-10-6-20-22-16(10)17(25)26/h1-2,5-6H,3-4,7-8H2,(H,20,22)(H,21,23)(H,25,26). The van der Waals surface area contributed by atoms with Crippen molar-refractivity contribution in [3.8, 4) is 11.3 Å². The Morgan fingerprint density at radius 1 is 1.27 bits per heavy atom. The molecule has 0 bridgehead atoms. The van der Waals surface area contributed by atoms with Crippen molar-refractivity contribution < 1.29 is 18.7 Å². The van der Waals surface area contributed by atoms with Crippen molar-refractivity contribution >= 4 is 5.97 Å². The molecule has 0 unspecified atom stereocenters. The molecule has 4 rings (SSSR count). The van der Waals surface area contributed by atoms with Gasteiger partial charge in [0.25, 0.3) is 0 Å². The van der Waals surface area contributed by atoms with E-state index in [4.69, 9.17) is 0 Å². The predicted octanol–water partition coefficient (Wildman–Crippen LogP) is 2.33. The number of hydrogen-bond acceptors (Lipinski definition) is 4. The fourth-order valence-corrected chi connectivity index (χ4v) is 3.23. The van der Waals surface area contributed by atoms with Crippen molar-refractivity contribution in [3.63, 3.8) is 0 Å².